The number of nitrogens with zero attached hydrogens (tertiary/aromatic N) is 1. The van der Waals surface area contributed by atoms with Crippen LogP contribution in [-0.2, 0) is 11.4 Å². The van der Waals surface area contributed by atoms with Crippen molar-refractivity contribution in [1.82, 2.24) is 5.43 Å². The lowest BCUT2D eigenvalue weighted by atomic mass is 10.2. The van der Waals surface area contributed by atoms with Crippen LogP contribution < -0.4 is 19.6 Å². The van der Waals surface area contributed by atoms with Crippen molar-refractivity contribution in [1.29, 1.82) is 0 Å². The number of hydrazone groups is 1. The number of hydrogen-bond donors (Lipinski definition) is 1. The van der Waals surface area contributed by atoms with Gasteiger partial charge in [-0.25, -0.2) is 5.43 Å². The highest BCUT2D eigenvalue weighted by molar-refractivity contribution is 14.1. The van der Waals surface area contributed by atoms with Gasteiger partial charge < -0.3 is 14.2 Å². The summed E-state index contributed by atoms with van der Waals surface area (Å²) in [6, 6.07) is 21.7. The van der Waals surface area contributed by atoms with Crippen LogP contribution in [0, 0.1) is 3.57 Å². The number of carbonyl (C=O) groups is 1. The fourth-order valence-electron chi connectivity index (χ4n) is 3.43. The van der Waals surface area contributed by atoms with Crippen LogP contribution in [0.2, 0.25) is 0 Å². The molecule has 0 radical (unpaired) electrons. The van der Waals surface area contributed by atoms with E-state index in [0.29, 0.717) is 35.0 Å². The Morgan fingerprint density at radius 1 is 1.06 bits per heavy atom. The zero-order valence-corrected chi connectivity index (χ0v) is 23.6. The van der Waals surface area contributed by atoms with Gasteiger partial charge in [-0.2, -0.15) is 5.10 Å². The van der Waals surface area contributed by atoms with Gasteiger partial charge in [0.2, 0.25) is 0 Å². The van der Waals surface area contributed by atoms with Crippen molar-refractivity contribution < 1.29 is 19.0 Å². The largest absolute Gasteiger partial charge is 0.490 e. The topological polar surface area (TPSA) is 69.2 Å². The molecule has 36 heavy (non-hydrogen) atoms. The molecule has 0 saturated carbocycles. The number of halogens is 1. The van der Waals surface area contributed by atoms with E-state index in [0.717, 1.165) is 14.7 Å². The van der Waals surface area contributed by atoms with E-state index < -0.39 is 0 Å². The molecule has 1 fully saturated rings. The average molecular weight is 635 g/mol. The van der Waals surface area contributed by atoms with E-state index in [1.807, 2.05) is 85.0 Å². The van der Waals surface area contributed by atoms with E-state index in [-0.39, 0.29) is 12.5 Å². The lowest BCUT2D eigenvalue weighted by Gasteiger charge is -2.14. The molecule has 1 aliphatic heterocycles. The Hall–Kier alpha value is -2.37. The molecule has 0 aliphatic carbocycles. The highest BCUT2D eigenvalue weighted by Gasteiger charge is 2.18. The van der Waals surface area contributed by atoms with Crippen LogP contribution in [0.4, 0.5) is 0 Å². The van der Waals surface area contributed by atoms with E-state index >= 15 is 0 Å². The van der Waals surface area contributed by atoms with Gasteiger partial charge in [-0.1, -0.05) is 42.5 Å². The van der Waals surface area contributed by atoms with Crippen LogP contribution in [0.25, 0.3) is 0 Å². The van der Waals surface area contributed by atoms with Gasteiger partial charge in [-0.15, -0.1) is 23.5 Å². The minimum absolute atomic E-state index is 0.113. The number of nitrogens with one attached hydrogen (secondary N) is 1. The molecule has 1 heterocycles. The molecule has 0 spiro atoms. The molecule has 1 aliphatic rings. The molecule has 6 nitrogen and oxygen atoms in total. The molecule has 0 unspecified atom stereocenters. The summed E-state index contributed by atoms with van der Waals surface area (Å²) < 4.78 is 18.8. The van der Waals surface area contributed by atoms with Gasteiger partial charge in [0.1, 0.15) is 12.4 Å². The molecule has 0 aromatic heterocycles. The fraction of sp³-hybridized carbons (Fsp3) is 0.259. The number of benzene rings is 3. The third-order valence-electron chi connectivity index (χ3n) is 5.10. The standard InChI is InChI=1S/C27H27IN2O4S2/c1-2-32-24-15-20(14-23(28)26(24)34-17-19-6-4-3-5-7-19)16-29-30-25(31)18-33-22-10-8-21(9-11-22)27-35-12-13-36-27/h3-11,14-16,27H,2,12-13,17-18H2,1H3,(H,30,31)/b29-16-. The Labute approximate surface area is 233 Å². The van der Waals surface area contributed by atoms with Gasteiger partial charge in [0.05, 0.1) is 21.0 Å². The van der Waals surface area contributed by atoms with E-state index in [9.17, 15) is 4.79 Å². The molecule has 1 saturated heterocycles. The molecular weight excluding hydrogens is 607 g/mol. The Balaban J connectivity index is 1.30. The van der Waals surface area contributed by atoms with Crippen LogP contribution >= 0.6 is 46.1 Å². The monoisotopic (exact) mass is 634 g/mol. The third-order valence-corrected chi connectivity index (χ3v) is 9.01. The fourth-order valence-corrected chi connectivity index (χ4v) is 7.07. The van der Waals surface area contributed by atoms with Crippen molar-refractivity contribution in [2.24, 2.45) is 5.10 Å². The normalized spacial score (nSPS) is 13.6. The van der Waals surface area contributed by atoms with Crippen molar-refractivity contribution in [3.05, 3.63) is 87.0 Å². The van der Waals surface area contributed by atoms with Crippen LogP contribution in [0.15, 0.2) is 71.8 Å². The minimum atomic E-state index is -0.334. The maximum Gasteiger partial charge on any atom is 0.277 e. The van der Waals surface area contributed by atoms with Crippen LogP contribution in [-0.4, -0.2) is 36.8 Å². The number of carbonyl (C=O) groups excluding carboxylic acids is 1. The van der Waals surface area contributed by atoms with Gasteiger partial charge in [-0.3, -0.25) is 4.79 Å². The molecule has 3 aromatic carbocycles. The Morgan fingerprint density at radius 3 is 2.53 bits per heavy atom. The summed E-state index contributed by atoms with van der Waals surface area (Å²) in [6.07, 6.45) is 1.58. The lowest BCUT2D eigenvalue weighted by molar-refractivity contribution is -0.123. The molecule has 188 valence electrons. The van der Waals surface area contributed by atoms with E-state index in [4.69, 9.17) is 14.2 Å². The van der Waals surface area contributed by atoms with Gasteiger partial charge in [0, 0.05) is 11.5 Å². The SMILES string of the molecule is CCOc1cc(/C=N\NC(=O)COc2ccc(C3SCCS3)cc2)cc(I)c1OCc1ccccc1. The smallest absolute Gasteiger partial charge is 0.277 e. The molecule has 9 heteroatoms. The van der Waals surface area contributed by atoms with E-state index in [1.54, 1.807) is 6.21 Å². The second-order valence-corrected chi connectivity index (χ2v) is 11.6. The number of rotatable bonds is 11. The van der Waals surface area contributed by atoms with Crippen molar-refractivity contribution in [3.8, 4) is 17.2 Å². The summed E-state index contributed by atoms with van der Waals surface area (Å²) in [5.74, 6) is 4.02. The zero-order chi connectivity index (χ0) is 25.2. The van der Waals surface area contributed by atoms with Crippen LogP contribution in [0.3, 0.4) is 0 Å². The van der Waals surface area contributed by atoms with Gasteiger partial charge in [0.15, 0.2) is 18.1 Å². The first-order valence-corrected chi connectivity index (χ1v) is 14.7. The van der Waals surface area contributed by atoms with E-state index in [1.165, 1.54) is 17.1 Å². The summed E-state index contributed by atoms with van der Waals surface area (Å²) in [5, 5.41) is 4.08. The Bertz CT molecular complexity index is 1170. The molecule has 4 rings (SSSR count). The third kappa shape index (κ3) is 7.81. The minimum Gasteiger partial charge on any atom is -0.490 e. The number of amides is 1. The molecular formula is C27H27IN2O4S2. The second-order valence-electron chi connectivity index (χ2n) is 7.76. The summed E-state index contributed by atoms with van der Waals surface area (Å²) >= 11 is 6.14. The van der Waals surface area contributed by atoms with E-state index in [2.05, 4.69) is 45.3 Å². The lowest BCUT2D eigenvalue weighted by Crippen LogP contribution is -2.24. The quantitative estimate of drug-likeness (QED) is 0.152. The second kappa shape index (κ2) is 13.8. The number of ether oxygens (including phenoxy) is 3. The van der Waals surface area contributed by atoms with Gasteiger partial charge in [0.25, 0.3) is 5.91 Å². The number of hydrogen-bond acceptors (Lipinski definition) is 7. The highest BCUT2D eigenvalue weighted by atomic mass is 127. The first kappa shape index (κ1) is 26.7. The average Bonchev–Trinajstić information content (AvgIpc) is 3.43. The van der Waals surface area contributed by atoms with Gasteiger partial charge in [-0.05, 0) is 70.5 Å². The van der Waals surface area contributed by atoms with Gasteiger partial charge >= 0.3 is 0 Å². The molecule has 1 amide bonds. The summed E-state index contributed by atoms with van der Waals surface area (Å²) in [6.45, 7) is 2.76. The predicted molar refractivity (Wildman–Crippen MR) is 156 cm³/mol. The zero-order valence-electron chi connectivity index (χ0n) is 19.8. The maximum absolute atomic E-state index is 12.2. The molecule has 0 bridgehead atoms. The van der Waals surface area contributed by atoms with Crippen molar-refractivity contribution in [3.63, 3.8) is 0 Å². The predicted octanol–water partition coefficient (Wildman–Crippen LogP) is 6.28. The van der Waals surface area contributed by atoms with Crippen LogP contribution in [0.5, 0.6) is 17.2 Å². The molecule has 3 aromatic rings. The van der Waals surface area contributed by atoms with Crippen molar-refractivity contribution in [2.75, 3.05) is 24.7 Å². The van der Waals surface area contributed by atoms with Crippen LogP contribution in [0.1, 0.15) is 28.2 Å². The Kier molecular flexibility index (Phi) is 10.2. The number of thioether (sulfide) groups is 2. The summed E-state index contributed by atoms with van der Waals surface area (Å²) in [7, 11) is 0. The molecule has 0 atom stereocenters. The summed E-state index contributed by atoms with van der Waals surface area (Å²) in [5.41, 5.74) is 5.66. The summed E-state index contributed by atoms with van der Waals surface area (Å²) in [4.78, 5) is 12.2. The maximum atomic E-state index is 12.2. The Morgan fingerprint density at radius 2 is 1.81 bits per heavy atom. The first-order valence-electron chi connectivity index (χ1n) is 11.5. The first-order chi connectivity index (χ1) is 17.6. The highest BCUT2D eigenvalue weighted by Crippen LogP contribution is 2.45. The van der Waals surface area contributed by atoms with Crippen molar-refractivity contribution >= 4 is 58.2 Å². The van der Waals surface area contributed by atoms with Crippen molar-refractivity contribution in [2.45, 2.75) is 18.1 Å². The molecule has 1 N–H and O–H groups in total.